The van der Waals surface area contributed by atoms with Crippen LogP contribution in [0.1, 0.15) is 17.7 Å². The molecule has 0 amide bonds. The van der Waals surface area contributed by atoms with E-state index in [9.17, 15) is 8.78 Å². The molecule has 0 unspecified atom stereocenters. The Morgan fingerprint density at radius 1 is 1.42 bits per heavy atom. The van der Waals surface area contributed by atoms with Gasteiger partial charge in [0, 0.05) is 5.33 Å². The minimum Gasteiger partial charge on any atom is -0.240 e. The van der Waals surface area contributed by atoms with E-state index in [1.165, 1.54) is 0 Å². The molecule has 66 valence electrons. The molecule has 0 spiro atoms. The van der Waals surface area contributed by atoms with Gasteiger partial charge in [0.1, 0.15) is 10.3 Å². The van der Waals surface area contributed by atoms with E-state index in [1.807, 2.05) is 0 Å². The fourth-order valence-corrected chi connectivity index (χ4v) is 1.58. The number of nitrogens with zero attached hydrogens (tertiary/aromatic N) is 1. The fourth-order valence-electron chi connectivity index (χ4n) is 0.781. The molecule has 5 heteroatoms. The summed E-state index contributed by atoms with van der Waals surface area (Å²) in [5.74, 6) is 0. The van der Waals surface area contributed by atoms with Crippen molar-refractivity contribution in [3.05, 3.63) is 28.0 Å². The van der Waals surface area contributed by atoms with Crippen molar-refractivity contribution in [2.75, 3.05) is 0 Å². The van der Waals surface area contributed by atoms with Crippen LogP contribution in [-0.2, 0) is 5.33 Å². The summed E-state index contributed by atoms with van der Waals surface area (Å²) in [4.78, 5) is 3.68. The lowest BCUT2D eigenvalue weighted by Crippen LogP contribution is -1.96. The van der Waals surface area contributed by atoms with Crippen molar-refractivity contribution in [3.63, 3.8) is 0 Å². The normalized spacial score (nSPS) is 10.8. The van der Waals surface area contributed by atoms with Gasteiger partial charge >= 0.3 is 0 Å². The molecule has 0 aliphatic carbocycles. The van der Waals surface area contributed by atoms with E-state index in [2.05, 4.69) is 36.8 Å². The van der Waals surface area contributed by atoms with Crippen LogP contribution in [0.4, 0.5) is 8.78 Å². The summed E-state index contributed by atoms with van der Waals surface area (Å²) >= 11 is 6.15. The summed E-state index contributed by atoms with van der Waals surface area (Å²) in [6.07, 6.45) is -2.52. The van der Waals surface area contributed by atoms with E-state index >= 15 is 0 Å². The maximum Gasteiger partial charge on any atom is 0.280 e. The van der Waals surface area contributed by atoms with Crippen molar-refractivity contribution in [1.29, 1.82) is 0 Å². The van der Waals surface area contributed by atoms with Crippen LogP contribution < -0.4 is 0 Å². The molecule has 0 aromatic carbocycles. The van der Waals surface area contributed by atoms with E-state index in [0.717, 1.165) is 0 Å². The van der Waals surface area contributed by atoms with Gasteiger partial charge in [0.2, 0.25) is 0 Å². The Morgan fingerprint density at radius 3 is 2.58 bits per heavy atom. The summed E-state index contributed by atoms with van der Waals surface area (Å²) in [5, 5.41) is 0.396. The van der Waals surface area contributed by atoms with Crippen LogP contribution in [0, 0.1) is 0 Å². The van der Waals surface area contributed by atoms with Crippen LogP contribution in [0.2, 0.25) is 0 Å². The number of hydrogen-bond donors (Lipinski definition) is 0. The number of rotatable bonds is 2. The lowest BCUT2D eigenvalue weighted by Gasteiger charge is -2.04. The number of aromatic nitrogens is 1. The molecule has 1 heterocycles. The largest absolute Gasteiger partial charge is 0.280 e. The smallest absolute Gasteiger partial charge is 0.240 e. The Hall–Kier alpha value is -0.0300. The Morgan fingerprint density at radius 2 is 2.08 bits per heavy atom. The predicted molar refractivity (Wildman–Crippen MR) is 49.5 cm³/mol. The lowest BCUT2D eigenvalue weighted by atomic mass is 10.2. The van der Waals surface area contributed by atoms with Gasteiger partial charge < -0.3 is 0 Å². The summed E-state index contributed by atoms with van der Waals surface area (Å²) in [6.45, 7) is 0. The average molecular weight is 301 g/mol. The van der Waals surface area contributed by atoms with Crippen LogP contribution in [0.3, 0.4) is 0 Å². The third kappa shape index (κ3) is 2.23. The van der Waals surface area contributed by atoms with Gasteiger partial charge in [-0.15, -0.1) is 0 Å². The third-order valence-corrected chi connectivity index (χ3v) is 2.37. The fraction of sp³-hybridized carbons (Fsp3) is 0.286. The van der Waals surface area contributed by atoms with E-state index in [0.29, 0.717) is 15.5 Å². The summed E-state index contributed by atoms with van der Waals surface area (Å²) in [5.41, 5.74) is 0.356. The molecular formula is C7H5Br2F2N. The molecule has 0 radical (unpaired) electrons. The van der Waals surface area contributed by atoms with Gasteiger partial charge in [0.05, 0.1) is 0 Å². The monoisotopic (exact) mass is 299 g/mol. The van der Waals surface area contributed by atoms with Crippen LogP contribution in [0.15, 0.2) is 16.7 Å². The molecule has 0 aliphatic heterocycles. The Kier molecular flexibility index (Phi) is 3.58. The number of alkyl halides is 3. The first-order valence-electron chi connectivity index (χ1n) is 3.14. The first-order valence-corrected chi connectivity index (χ1v) is 5.06. The Bertz CT molecular complexity index is 278. The minimum absolute atomic E-state index is 0.166. The number of pyridine rings is 1. The van der Waals surface area contributed by atoms with Crippen molar-refractivity contribution < 1.29 is 8.78 Å². The third-order valence-electron chi connectivity index (χ3n) is 1.33. The maximum absolute atomic E-state index is 12.3. The van der Waals surface area contributed by atoms with Crippen LogP contribution in [0.5, 0.6) is 0 Å². The zero-order valence-electron chi connectivity index (χ0n) is 5.90. The van der Waals surface area contributed by atoms with Crippen molar-refractivity contribution in [2.24, 2.45) is 0 Å². The first-order chi connectivity index (χ1) is 5.65. The first kappa shape index (κ1) is 10.1. The standard InChI is InChI=1S/C7H5Br2F2N/c8-3-4-1-2-5(9)12-6(4)7(10)11/h1-2,7H,3H2. The highest BCUT2D eigenvalue weighted by atomic mass is 79.9. The van der Waals surface area contributed by atoms with E-state index in [4.69, 9.17) is 0 Å². The molecule has 1 nitrogen and oxygen atoms in total. The molecule has 1 aromatic heterocycles. The zero-order valence-corrected chi connectivity index (χ0v) is 9.07. The molecule has 0 bridgehead atoms. The van der Waals surface area contributed by atoms with Gasteiger partial charge in [0.15, 0.2) is 0 Å². The molecule has 0 N–H and O–H groups in total. The van der Waals surface area contributed by atoms with E-state index in [1.54, 1.807) is 12.1 Å². The highest BCUT2D eigenvalue weighted by Crippen LogP contribution is 2.24. The molecule has 12 heavy (non-hydrogen) atoms. The average Bonchev–Trinajstić information content (AvgIpc) is 2.04. The van der Waals surface area contributed by atoms with Crippen LogP contribution in [-0.4, -0.2) is 4.98 Å². The Balaban J connectivity index is 3.12. The maximum atomic E-state index is 12.3. The second-order valence-electron chi connectivity index (χ2n) is 2.11. The summed E-state index contributed by atoms with van der Waals surface area (Å²) in [6, 6.07) is 3.26. The molecule has 1 aromatic rings. The molecule has 0 saturated carbocycles. The number of halogens is 4. The topological polar surface area (TPSA) is 12.9 Å². The van der Waals surface area contributed by atoms with E-state index < -0.39 is 6.43 Å². The lowest BCUT2D eigenvalue weighted by molar-refractivity contribution is 0.145. The predicted octanol–water partition coefficient (Wildman–Crippen LogP) is 3.68. The highest BCUT2D eigenvalue weighted by molar-refractivity contribution is 9.10. The molecule has 0 fully saturated rings. The van der Waals surface area contributed by atoms with Gasteiger partial charge in [-0.2, -0.15) is 0 Å². The second kappa shape index (κ2) is 4.28. The van der Waals surface area contributed by atoms with Gasteiger partial charge in [-0.05, 0) is 27.6 Å². The quantitative estimate of drug-likeness (QED) is 0.600. The molecular weight excluding hydrogens is 296 g/mol. The van der Waals surface area contributed by atoms with Crippen molar-refractivity contribution >= 4 is 31.9 Å². The summed E-state index contributed by atoms with van der Waals surface area (Å²) in [7, 11) is 0. The molecule has 1 rings (SSSR count). The second-order valence-corrected chi connectivity index (χ2v) is 3.49. The highest BCUT2D eigenvalue weighted by Gasteiger charge is 2.13. The van der Waals surface area contributed by atoms with Gasteiger partial charge in [0.25, 0.3) is 6.43 Å². The summed E-state index contributed by atoms with van der Waals surface area (Å²) < 4.78 is 25.0. The molecule has 0 aliphatic rings. The van der Waals surface area contributed by atoms with Gasteiger partial charge in [-0.25, -0.2) is 13.8 Å². The van der Waals surface area contributed by atoms with Crippen molar-refractivity contribution in [1.82, 2.24) is 4.98 Å². The molecule has 0 saturated heterocycles. The van der Waals surface area contributed by atoms with Crippen LogP contribution >= 0.6 is 31.9 Å². The SMILES string of the molecule is FC(F)c1nc(Br)ccc1CBr. The molecule has 0 atom stereocenters. The number of hydrogen-bond acceptors (Lipinski definition) is 1. The van der Waals surface area contributed by atoms with Crippen molar-refractivity contribution in [3.8, 4) is 0 Å². The van der Waals surface area contributed by atoms with E-state index in [-0.39, 0.29) is 5.69 Å². The zero-order chi connectivity index (χ0) is 9.14. The van der Waals surface area contributed by atoms with Crippen molar-refractivity contribution in [2.45, 2.75) is 11.8 Å². The van der Waals surface area contributed by atoms with Gasteiger partial charge in [-0.1, -0.05) is 22.0 Å². The van der Waals surface area contributed by atoms with Gasteiger partial charge in [-0.3, -0.25) is 0 Å². The minimum atomic E-state index is -2.52. The Labute approximate surface area is 85.4 Å². The van der Waals surface area contributed by atoms with Crippen LogP contribution in [0.25, 0.3) is 0 Å².